The lowest BCUT2D eigenvalue weighted by Crippen LogP contribution is -2.34. The first-order valence-electron chi connectivity index (χ1n) is 7.78. The van der Waals surface area contributed by atoms with Crippen LogP contribution in [0.5, 0.6) is 0 Å². The average molecular weight is 320 g/mol. The molecular formula is C17H24N2O4. The zero-order valence-corrected chi connectivity index (χ0v) is 13.8. The second-order valence-corrected chi connectivity index (χ2v) is 6.68. The van der Waals surface area contributed by atoms with E-state index in [4.69, 9.17) is 4.74 Å². The molecule has 2 rings (SSSR count). The first-order chi connectivity index (χ1) is 10.8. The molecular weight excluding hydrogens is 296 g/mol. The van der Waals surface area contributed by atoms with E-state index in [0.29, 0.717) is 30.8 Å². The smallest absolute Gasteiger partial charge is 0.340 e. The van der Waals surface area contributed by atoms with E-state index in [-0.39, 0.29) is 12.5 Å². The molecule has 1 aliphatic rings. The van der Waals surface area contributed by atoms with Gasteiger partial charge in [-0.25, -0.2) is 4.79 Å². The molecule has 6 heteroatoms. The third-order valence-electron chi connectivity index (χ3n) is 3.49. The predicted octanol–water partition coefficient (Wildman–Crippen LogP) is 1.65. The molecule has 0 bridgehead atoms. The number of aliphatic hydroxyl groups excluding tert-OH is 1. The van der Waals surface area contributed by atoms with Gasteiger partial charge in [-0.05, 0) is 39.3 Å². The highest BCUT2D eigenvalue weighted by molar-refractivity contribution is 5.96. The molecule has 1 atom stereocenters. The van der Waals surface area contributed by atoms with Crippen LogP contribution in [0.3, 0.4) is 0 Å². The Morgan fingerprint density at radius 3 is 2.65 bits per heavy atom. The van der Waals surface area contributed by atoms with Gasteiger partial charge in [0.1, 0.15) is 5.60 Å². The normalized spacial score (nSPS) is 17.9. The van der Waals surface area contributed by atoms with Crippen LogP contribution < -0.4 is 5.32 Å². The van der Waals surface area contributed by atoms with Crippen LogP contribution in [0.1, 0.15) is 37.6 Å². The van der Waals surface area contributed by atoms with Crippen molar-refractivity contribution in [3.05, 3.63) is 29.8 Å². The summed E-state index contributed by atoms with van der Waals surface area (Å²) < 4.78 is 5.38. The third kappa shape index (κ3) is 4.96. The predicted molar refractivity (Wildman–Crippen MR) is 87.3 cm³/mol. The Morgan fingerprint density at radius 1 is 1.35 bits per heavy atom. The Bertz CT molecular complexity index is 580. The van der Waals surface area contributed by atoms with Crippen LogP contribution in [0.2, 0.25) is 0 Å². The summed E-state index contributed by atoms with van der Waals surface area (Å²) in [6.45, 7) is 6.44. The van der Waals surface area contributed by atoms with Crippen LogP contribution in [0.4, 0.5) is 5.69 Å². The minimum atomic E-state index is -0.578. The summed E-state index contributed by atoms with van der Waals surface area (Å²) in [7, 11) is 0. The van der Waals surface area contributed by atoms with Gasteiger partial charge in [-0.3, -0.25) is 4.79 Å². The molecule has 1 aromatic rings. The minimum Gasteiger partial charge on any atom is -0.456 e. The number of rotatable bonds is 4. The van der Waals surface area contributed by atoms with Crippen molar-refractivity contribution in [3.8, 4) is 0 Å². The molecule has 1 unspecified atom stereocenters. The highest BCUT2D eigenvalue weighted by Crippen LogP contribution is 2.19. The maximum Gasteiger partial charge on any atom is 0.340 e. The molecule has 23 heavy (non-hydrogen) atoms. The summed E-state index contributed by atoms with van der Waals surface area (Å²) in [5.41, 5.74) is 0.387. The minimum absolute atomic E-state index is 0.0759. The fourth-order valence-corrected chi connectivity index (χ4v) is 2.40. The standard InChI is InChI=1S/C17H24N2O4/c1-17(2,3)23-16(22)13-6-4-5-7-14(13)18-10-15(21)19-9-8-12(20)11-19/h4-7,12,18,20H,8-11H2,1-3H3. The quantitative estimate of drug-likeness (QED) is 0.825. The average Bonchev–Trinajstić information content (AvgIpc) is 2.90. The summed E-state index contributed by atoms with van der Waals surface area (Å²) >= 11 is 0. The molecule has 0 aromatic heterocycles. The van der Waals surface area contributed by atoms with Gasteiger partial charge >= 0.3 is 5.97 Å². The van der Waals surface area contributed by atoms with Gasteiger partial charge in [0.2, 0.25) is 5.91 Å². The Morgan fingerprint density at radius 2 is 2.04 bits per heavy atom. The zero-order chi connectivity index (χ0) is 17.0. The van der Waals surface area contributed by atoms with Gasteiger partial charge in [0.15, 0.2) is 0 Å². The second kappa shape index (κ2) is 7.00. The summed E-state index contributed by atoms with van der Waals surface area (Å²) in [5, 5.41) is 12.5. The fraction of sp³-hybridized carbons (Fsp3) is 0.529. The summed E-state index contributed by atoms with van der Waals surface area (Å²) in [6.07, 6.45) is 0.174. The van der Waals surface area contributed by atoms with Crippen molar-refractivity contribution in [2.45, 2.75) is 38.9 Å². The molecule has 1 heterocycles. The monoisotopic (exact) mass is 320 g/mol. The number of likely N-dealkylation sites (tertiary alicyclic amines) is 1. The van der Waals surface area contributed by atoms with Crippen molar-refractivity contribution >= 4 is 17.6 Å². The summed E-state index contributed by atoms with van der Waals surface area (Å²) in [6, 6.07) is 6.95. The number of hydrogen-bond acceptors (Lipinski definition) is 5. The van der Waals surface area contributed by atoms with Crippen molar-refractivity contribution < 1.29 is 19.4 Å². The molecule has 6 nitrogen and oxygen atoms in total. The van der Waals surface area contributed by atoms with Crippen molar-refractivity contribution in [1.82, 2.24) is 4.90 Å². The Kier molecular flexibility index (Phi) is 5.26. The number of ether oxygens (including phenoxy) is 1. The van der Waals surface area contributed by atoms with Gasteiger partial charge < -0.3 is 20.1 Å². The van der Waals surface area contributed by atoms with Crippen molar-refractivity contribution in [2.24, 2.45) is 0 Å². The number of nitrogens with one attached hydrogen (secondary N) is 1. The van der Waals surface area contributed by atoms with Crippen molar-refractivity contribution in [1.29, 1.82) is 0 Å². The SMILES string of the molecule is CC(C)(C)OC(=O)c1ccccc1NCC(=O)N1CCC(O)C1. The summed E-state index contributed by atoms with van der Waals surface area (Å²) in [4.78, 5) is 26.0. The van der Waals surface area contributed by atoms with Crippen LogP contribution in [0.15, 0.2) is 24.3 Å². The van der Waals surface area contributed by atoms with Gasteiger partial charge in [-0.15, -0.1) is 0 Å². The Hall–Kier alpha value is -2.08. The number of benzene rings is 1. The lowest BCUT2D eigenvalue weighted by atomic mass is 10.1. The number of para-hydroxylation sites is 1. The molecule has 1 saturated heterocycles. The molecule has 1 aliphatic heterocycles. The number of amides is 1. The van der Waals surface area contributed by atoms with Crippen molar-refractivity contribution in [3.63, 3.8) is 0 Å². The van der Waals surface area contributed by atoms with Crippen molar-refractivity contribution in [2.75, 3.05) is 25.0 Å². The van der Waals surface area contributed by atoms with Gasteiger partial charge in [0.25, 0.3) is 0 Å². The molecule has 0 aliphatic carbocycles. The number of β-amino-alcohol motifs (C(OH)–C–C–N with tert-alkyl or cyclic N) is 1. The van der Waals surface area contributed by atoms with Gasteiger partial charge in [0.05, 0.1) is 18.2 Å². The number of anilines is 1. The number of aliphatic hydroxyl groups is 1. The lowest BCUT2D eigenvalue weighted by Gasteiger charge is -2.21. The van der Waals surface area contributed by atoms with E-state index in [9.17, 15) is 14.7 Å². The Balaban J connectivity index is 2.00. The summed E-state index contributed by atoms with van der Waals surface area (Å²) in [5.74, 6) is -0.523. The topological polar surface area (TPSA) is 78.9 Å². The van der Waals surface area contributed by atoms with Crippen LogP contribution in [0.25, 0.3) is 0 Å². The van der Waals surface area contributed by atoms with Crippen LogP contribution >= 0.6 is 0 Å². The van der Waals surface area contributed by atoms with Crippen LogP contribution in [-0.2, 0) is 9.53 Å². The molecule has 0 radical (unpaired) electrons. The first kappa shape index (κ1) is 17.3. The van der Waals surface area contributed by atoms with Gasteiger partial charge in [0, 0.05) is 18.8 Å². The Labute approximate surface area is 136 Å². The number of esters is 1. The number of carbonyl (C=O) groups is 2. The van der Waals surface area contributed by atoms with E-state index < -0.39 is 17.7 Å². The molecule has 1 amide bonds. The molecule has 1 aromatic carbocycles. The zero-order valence-electron chi connectivity index (χ0n) is 13.8. The van der Waals surface area contributed by atoms with E-state index >= 15 is 0 Å². The number of nitrogens with zero attached hydrogens (tertiary/aromatic N) is 1. The molecule has 2 N–H and O–H groups in total. The molecule has 0 saturated carbocycles. The van der Waals surface area contributed by atoms with Gasteiger partial charge in [-0.2, -0.15) is 0 Å². The van der Waals surface area contributed by atoms with Crippen LogP contribution in [0, 0.1) is 0 Å². The third-order valence-corrected chi connectivity index (χ3v) is 3.49. The second-order valence-electron chi connectivity index (χ2n) is 6.68. The molecule has 0 spiro atoms. The van der Waals surface area contributed by atoms with E-state index in [1.165, 1.54) is 0 Å². The van der Waals surface area contributed by atoms with E-state index in [1.807, 2.05) is 20.8 Å². The largest absolute Gasteiger partial charge is 0.456 e. The highest BCUT2D eigenvalue weighted by atomic mass is 16.6. The maximum absolute atomic E-state index is 12.2. The first-order valence-corrected chi connectivity index (χ1v) is 7.78. The van der Waals surface area contributed by atoms with Gasteiger partial charge in [-0.1, -0.05) is 12.1 Å². The molecule has 1 fully saturated rings. The number of hydrogen-bond donors (Lipinski definition) is 2. The highest BCUT2D eigenvalue weighted by Gasteiger charge is 2.25. The van der Waals surface area contributed by atoms with E-state index in [0.717, 1.165) is 0 Å². The fourth-order valence-electron chi connectivity index (χ4n) is 2.40. The lowest BCUT2D eigenvalue weighted by molar-refractivity contribution is -0.128. The maximum atomic E-state index is 12.2. The van der Waals surface area contributed by atoms with E-state index in [2.05, 4.69) is 5.32 Å². The number of carbonyl (C=O) groups excluding carboxylic acids is 2. The molecule has 126 valence electrons. The van der Waals surface area contributed by atoms with Crippen LogP contribution in [-0.4, -0.2) is 53.2 Å². The van der Waals surface area contributed by atoms with E-state index in [1.54, 1.807) is 29.2 Å².